The topological polar surface area (TPSA) is 86.5 Å². The monoisotopic (exact) mass is 311 g/mol. The van der Waals surface area contributed by atoms with Crippen LogP contribution in [0.1, 0.15) is 42.2 Å². The third-order valence-electron chi connectivity index (χ3n) is 3.57. The Morgan fingerprint density at radius 3 is 2.00 bits per heavy atom. The van der Waals surface area contributed by atoms with E-state index >= 15 is 0 Å². The molecule has 0 spiro atoms. The molecule has 2 aromatic carbocycles. The van der Waals surface area contributed by atoms with Crippen molar-refractivity contribution >= 4 is 17.7 Å². The molecular formula is C18H17NO4. The fourth-order valence-corrected chi connectivity index (χ4v) is 1.98. The number of rotatable bonds is 5. The molecule has 2 aromatic rings. The van der Waals surface area contributed by atoms with Crippen molar-refractivity contribution < 1.29 is 19.1 Å². The molecule has 2 rings (SSSR count). The molecule has 0 aromatic heterocycles. The number of ether oxygens (including phenoxy) is 1. The molecule has 0 aliphatic heterocycles. The summed E-state index contributed by atoms with van der Waals surface area (Å²) in [6.45, 7) is 3.54. The lowest BCUT2D eigenvalue weighted by Crippen LogP contribution is -2.15. The number of nitrogens with two attached hydrogens (primary N) is 1. The van der Waals surface area contributed by atoms with Gasteiger partial charge in [-0.25, -0.2) is 4.79 Å². The molecule has 0 atom stereocenters. The van der Waals surface area contributed by atoms with Gasteiger partial charge in [-0.15, -0.1) is 0 Å². The second-order valence-electron chi connectivity index (χ2n) is 5.24. The van der Waals surface area contributed by atoms with Gasteiger partial charge in [0.15, 0.2) is 12.4 Å². The van der Waals surface area contributed by atoms with E-state index in [1.54, 1.807) is 12.1 Å². The standard InChI is InChI=1S/C18H17NO4/c1-11-3-4-15(9-12(11)2)16(20)10-23-18(22)14-7-5-13(6-8-14)17(19)21/h3-9H,10H2,1-2H3,(H2,19,21). The van der Waals surface area contributed by atoms with Crippen molar-refractivity contribution in [1.29, 1.82) is 0 Å². The first-order chi connectivity index (χ1) is 10.9. The number of hydrogen-bond donors (Lipinski definition) is 1. The van der Waals surface area contributed by atoms with Gasteiger partial charge in [-0.2, -0.15) is 0 Å². The average Bonchev–Trinajstić information content (AvgIpc) is 2.54. The first-order valence-corrected chi connectivity index (χ1v) is 7.06. The average molecular weight is 311 g/mol. The maximum atomic E-state index is 12.0. The van der Waals surface area contributed by atoms with E-state index in [1.807, 2.05) is 19.9 Å². The van der Waals surface area contributed by atoms with Gasteiger partial charge in [0.1, 0.15) is 0 Å². The highest BCUT2D eigenvalue weighted by atomic mass is 16.5. The Hall–Kier alpha value is -2.95. The van der Waals surface area contributed by atoms with E-state index in [2.05, 4.69) is 0 Å². The minimum absolute atomic E-state index is 0.253. The van der Waals surface area contributed by atoms with Crippen molar-refractivity contribution in [2.45, 2.75) is 13.8 Å². The van der Waals surface area contributed by atoms with Crippen LogP contribution in [0.25, 0.3) is 0 Å². The normalized spacial score (nSPS) is 10.2. The Morgan fingerprint density at radius 1 is 0.870 bits per heavy atom. The molecule has 0 aliphatic carbocycles. The predicted molar refractivity (Wildman–Crippen MR) is 85.5 cm³/mol. The third-order valence-corrected chi connectivity index (χ3v) is 3.57. The van der Waals surface area contributed by atoms with E-state index in [0.29, 0.717) is 11.1 Å². The van der Waals surface area contributed by atoms with Gasteiger partial charge in [-0.3, -0.25) is 9.59 Å². The van der Waals surface area contributed by atoms with E-state index in [0.717, 1.165) is 11.1 Å². The van der Waals surface area contributed by atoms with Crippen molar-refractivity contribution in [2.75, 3.05) is 6.61 Å². The number of amides is 1. The van der Waals surface area contributed by atoms with Crippen LogP contribution >= 0.6 is 0 Å². The molecule has 0 fully saturated rings. The molecule has 0 saturated heterocycles. The van der Waals surface area contributed by atoms with Gasteiger partial charge in [0.2, 0.25) is 5.91 Å². The summed E-state index contributed by atoms with van der Waals surface area (Å²) in [6, 6.07) is 11.1. The van der Waals surface area contributed by atoms with Crippen molar-refractivity contribution in [3.8, 4) is 0 Å². The van der Waals surface area contributed by atoms with Crippen LogP contribution < -0.4 is 5.73 Å². The summed E-state index contributed by atoms with van der Waals surface area (Å²) in [4.78, 5) is 34.9. The first kappa shape index (κ1) is 16.4. The van der Waals surface area contributed by atoms with Gasteiger partial charge in [0.05, 0.1) is 5.56 Å². The summed E-state index contributed by atoms with van der Waals surface area (Å²) < 4.78 is 5.01. The number of benzene rings is 2. The number of carbonyl (C=O) groups is 3. The molecule has 0 aliphatic rings. The van der Waals surface area contributed by atoms with E-state index in [-0.39, 0.29) is 18.0 Å². The van der Waals surface area contributed by atoms with Crippen molar-refractivity contribution in [3.05, 3.63) is 70.3 Å². The minimum Gasteiger partial charge on any atom is -0.454 e. The summed E-state index contributed by atoms with van der Waals surface area (Å²) in [7, 11) is 0. The maximum absolute atomic E-state index is 12.0. The van der Waals surface area contributed by atoms with Gasteiger partial charge >= 0.3 is 5.97 Å². The smallest absolute Gasteiger partial charge is 0.338 e. The van der Waals surface area contributed by atoms with Crippen LogP contribution in [-0.4, -0.2) is 24.3 Å². The molecule has 5 heteroatoms. The van der Waals surface area contributed by atoms with E-state index in [9.17, 15) is 14.4 Å². The van der Waals surface area contributed by atoms with Gasteiger partial charge in [0, 0.05) is 11.1 Å². The molecule has 0 unspecified atom stereocenters. The summed E-state index contributed by atoms with van der Waals surface area (Å²) in [5.41, 5.74) is 8.28. The number of carbonyl (C=O) groups excluding carboxylic acids is 3. The Labute approximate surface area is 134 Å². The van der Waals surface area contributed by atoms with Gasteiger partial charge in [0.25, 0.3) is 0 Å². The van der Waals surface area contributed by atoms with Crippen LogP contribution in [0, 0.1) is 13.8 Å². The number of Topliss-reactive ketones (excluding diaryl/α,β-unsaturated/α-hetero) is 1. The van der Waals surface area contributed by atoms with E-state index < -0.39 is 11.9 Å². The Bertz CT molecular complexity index is 763. The molecule has 0 bridgehead atoms. The van der Waals surface area contributed by atoms with Crippen LogP contribution in [0.5, 0.6) is 0 Å². The molecule has 0 radical (unpaired) electrons. The zero-order valence-corrected chi connectivity index (χ0v) is 13.0. The SMILES string of the molecule is Cc1ccc(C(=O)COC(=O)c2ccc(C(N)=O)cc2)cc1C. The van der Waals surface area contributed by atoms with Gasteiger partial charge in [-0.05, 0) is 55.3 Å². The summed E-state index contributed by atoms with van der Waals surface area (Å²) in [6.07, 6.45) is 0. The number of primary amides is 1. The van der Waals surface area contributed by atoms with E-state index in [1.165, 1.54) is 24.3 Å². The Balaban J connectivity index is 1.99. The predicted octanol–water partition coefficient (Wildman–Crippen LogP) is 2.44. The van der Waals surface area contributed by atoms with Gasteiger partial charge in [-0.1, -0.05) is 12.1 Å². The molecule has 0 saturated carbocycles. The van der Waals surface area contributed by atoms with Crippen molar-refractivity contribution in [1.82, 2.24) is 0 Å². The number of aryl methyl sites for hydroxylation is 2. The number of hydrogen-bond acceptors (Lipinski definition) is 4. The molecule has 2 N–H and O–H groups in total. The van der Waals surface area contributed by atoms with Crippen LogP contribution in [-0.2, 0) is 4.74 Å². The second kappa shape index (κ2) is 6.87. The zero-order valence-electron chi connectivity index (χ0n) is 13.0. The lowest BCUT2D eigenvalue weighted by molar-refractivity contribution is 0.0474. The first-order valence-electron chi connectivity index (χ1n) is 7.06. The lowest BCUT2D eigenvalue weighted by Gasteiger charge is -2.06. The fourth-order valence-electron chi connectivity index (χ4n) is 1.98. The van der Waals surface area contributed by atoms with Crippen LogP contribution in [0.4, 0.5) is 0 Å². The Morgan fingerprint density at radius 2 is 1.43 bits per heavy atom. The van der Waals surface area contributed by atoms with Crippen molar-refractivity contribution in [2.24, 2.45) is 5.73 Å². The summed E-state index contributed by atoms with van der Waals surface area (Å²) in [5.74, 6) is -1.47. The van der Waals surface area contributed by atoms with E-state index in [4.69, 9.17) is 10.5 Å². The zero-order chi connectivity index (χ0) is 17.0. The fraction of sp³-hybridized carbons (Fsp3) is 0.167. The summed E-state index contributed by atoms with van der Waals surface area (Å²) in [5, 5.41) is 0. The molecular weight excluding hydrogens is 294 g/mol. The number of ketones is 1. The largest absolute Gasteiger partial charge is 0.454 e. The molecule has 0 heterocycles. The number of esters is 1. The minimum atomic E-state index is -0.627. The van der Waals surface area contributed by atoms with Crippen LogP contribution in [0.3, 0.4) is 0 Å². The second-order valence-corrected chi connectivity index (χ2v) is 5.24. The molecule has 1 amide bonds. The molecule has 5 nitrogen and oxygen atoms in total. The highest BCUT2D eigenvalue weighted by Gasteiger charge is 2.13. The van der Waals surface area contributed by atoms with Gasteiger partial charge < -0.3 is 10.5 Å². The third kappa shape index (κ3) is 4.03. The molecule has 118 valence electrons. The van der Waals surface area contributed by atoms with Crippen LogP contribution in [0.15, 0.2) is 42.5 Å². The highest BCUT2D eigenvalue weighted by Crippen LogP contribution is 2.11. The maximum Gasteiger partial charge on any atom is 0.338 e. The molecule has 23 heavy (non-hydrogen) atoms. The summed E-state index contributed by atoms with van der Waals surface area (Å²) >= 11 is 0. The lowest BCUT2D eigenvalue weighted by atomic mass is 10.0. The van der Waals surface area contributed by atoms with Crippen molar-refractivity contribution in [3.63, 3.8) is 0 Å². The quantitative estimate of drug-likeness (QED) is 0.678. The van der Waals surface area contributed by atoms with Crippen LogP contribution in [0.2, 0.25) is 0 Å². The highest BCUT2D eigenvalue weighted by molar-refractivity contribution is 6.00. The Kier molecular flexibility index (Phi) is 4.91.